The molecular formula is C13H20ClNO. The third-order valence-electron chi connectivity index (χ3n) is 2.52. The van der Waals surface area contributed by atoms with Gasteiger partial charge in [0, 0.05) is 12.4 Å². The van der Waals surface area contributed by atoms with E-state index < -0.39 is 0 Å². The van der Waals surface area contributed by atoms with Crippen molar-refractivity contribution < 1.29 is 5.11 Å². The van der Waals surface area contributed by atoms with E-state index in [1.807, 2.05) is 18.2 Å². The maximum Gasteiger partial charge on any atom is 0.0678 e. The monoisotopic (exact) mass is 241 g/mol. The predicted octanol–water partition coefficient (Wildman–Crippen LogP) is 2.40. The molecule has 2 N–H and O–H groups in total. The molecule has 1 rings (SSSR count). The molecule has 0 aromatic heterocycles. The van der Waals surface area contributed by atoms with Crippen LogP contribution in [0.1, 0.15) is 18.9 Å². The van der Waals surface area contributed by atoms with Gasteiger partial charge in [-0.15, -0.1) is 11.6 Å². The van der Waals surface area contributed by atoms with Gasteiger partial charge in [0.1, 0.15) is 0 Å². The highest BCUT2D eigenvalue weighted by atomic mass is 35.5. The summed E-state index contributed by atoms with van der Waals surface area (Å²) in [5.41, 5.74) is 1.28. The summed E-state index contributed by atoms with van der Waals surface area (Å²) >= 11 is 5.56. The van der Waals surface area contributed by atoms with Gasteiger partial charge in [-0.05, 0) is 24.4 Å². The van der Waals surface area contributed by atoms with Crippen LogP contribution in [0.3, 0.4) is 0 Å². The summed E-state index contributed by atoms with van der Waals surface area (Å²) in [5, 5.41) is 12.8. The molecule has 0 bridgehead atoms. The number of alkyl halides is 1. The zero-order valence-electron chi connectivity index (χ0n) is 9.70. The fourth-order valence-corrected chi connectivity index (χ4v) is 1.80. The zero-order valence-corrected chi connectivity index (χ0v) is 10.5. The van der Waals surface area contributed by atoms with Gasteiger partial charge in [0.2, 0.25) is 0 Å². The lowest BCUT2D eigenvalue weighted by Gasteiger charge is -2.15. The number of aliphatic hydroxyl groups excluding tert-OH is 1. The van der Waals surface area contributed by atoms with Crippen molar-refractivity contribution in [1.29, 1.82) is 0 Å². The number of nitrogens with one attached hydrogen (secondary N) is 1. The minimum absolute atomic E-state index is 0.322. The van der Waals surface area contributed by atoms with Crippen LogP contribution in [0.25, 0.3) is 0 Å². The van der Waals surface area contributed by atoms with E-state index in [1.54, 1.807) is 0 Å². The molecule has 0 spiro atoms. The van der Waals surface area contributed by atoms with Crippen LogP contribution in [0, 0.1) is 5.92 Å². The molecule has 0 aliphatic carbocycles. The Hall–Kier alpha value is -0.570. The first-order valence-corrected chi connectivity index (χ1v) is 6.24. The SMILES string of the molecule is CC(CNCc1ccccc1)CC(O)CCl. The molecule has 0 saturated carbocycles. The molecule has 1 aromatic rings. The fourth-order valence-electron chi connectivity index (χ4n) is 1.67. The normalized spacial score (nSPS) is 14.7. The maximum atomic E-state index is 9.38. The van der Waals surface area contributed by atoms with E-state index in [4.69, 9.17) is 11.6 Å². The van der Waals surface area contributed by atoms with E-state index >= 15 is 0 Å². The second-order valence-corrected chi connectivity index (χ2v) is 4.57. The Balaban J connectivity index is 2.15. The molecule has 0 aliphatic rings. The van der Waals surface area contributed by atoms with Crippen LogP contribution in [0.2, 0.25) is 0 Å². The van der Waals surface area contributed by atoms with E-state index in [9.17, 15) is 5.11 Å². The standard InChI is InChI=1S/C13H20ClNO/c1-11(7-13(16)8-14)9-15-10-12-5-3-2-4-6-12/h2-6,11,13,15-16H,7-10H2,1H3. The van der Waals surface area contributed by atoms with Gasteiger partial charge in [-0.3, -0.25) is 0 Å². The average Bonchev–Trinajstić information content (AvgIpc) is 2.30. The topological polar surface area (TPSA) is 32.3 Å². The Morgan fingerprint density at radius 2 is 2.00 bits per heavy atom. The lowest BCUT2D eigenvalue weighted by Crippen LogP contribution is -2.24. The summed E-state index contributed by atoms with van der Waals surface area (Å²) < 4.78 is 0. The Morgan fingerprint density at radius 3 is 2.62 bits per heavy atom. The lowest BCUT2D eigenvalue weighted by molar-refractivity contribution is 0.166. The molecule has 0 heterocycles. The molecule has 0 aliphatic heterocycles. The second-order valence-electron chi connectivity index (χ2n) is 4.27. The van der Waals surface area contributed by atoms with Crippen molar-refractivity contribution in [2.45, 2.75) is 26.0 Å². The fraction of sp³-hybridized carbons (Fsp3) is 0.538. The van der Waals surface area contributed by atoms with E-state index in [0.29, 0.717) is 11.8 Å². The molecule has 3 heteroatoms. The van der Waals surface area contributed by atoms with Gasteiger partial charge < -0.3 is 10.4 Å². The van der Waals surface area contributed by atoms with Crippen molar-refractivity contribution in [3.8, 4) is 0 Å². The van der Waals surface area contributed by atoms with Gasteiger partial charge in [0.15, 0.2) is 0 Å². The van der Waals surface area contributed by atoms with Gasteiger partial charge >= 0.3 is 0 Å². The highest BCUT2D eigenvalue weighted by Gasteiger charge is 2.08. The van der Waals surface area contributed by atoms with Crippen LogP contribution < -0.4 is 5.32 Å². The van der Waals surface area contributed by atoms with Crippen molar-refractivity contribution in [2.75, 3.05) is 12.4 Å². The number of aliphatic hydroxyl groups is 1. The van der Waals surface area contributed by atoms with Gasteiger partial charge in [-0.2, -0.15) is 0 Å². The average molecular weight is 242 g/mol. The molecule has 1 aromatic carbocycles. The highest BCUT2D eigenvalue weighted by molar-refractivity contribution is 6.18. The number of hydrogen-bond donors (Lipinski definition) is 2. The van der Waals surface area contributed by atoms with Gasteiger partial charge in [0.05, 0.1) is 6.10 Å². The van der Waals surface area contributed by atoms with Gasteiger partial charge in [-0.25, -0.2) is 0 Å². The second kappa shape index (κ2) is 7.66. The summed E-state index contributed by atoms with van der Waals surface area (Å²) in [7, 11) is 0. The number of hydrogen-bond acceptors (Lipinski definition) is 2. The zero-order chi connectivity index (χ0) is 11.8. The van der Waals surface area contributed by atoms with E-state index in [-0.39, 0.29) is 6.10 Å². The molecule has 2 nitrogen and oxygen atoms in total. The summed E-state index contributed by atoms with van der Waals surface area (Å²) in [4.78, 5) is 0. The summed E-state index contributed by atoms with van der Waals surface area (Å²) in [6.45, 7) is 3.90. The molecule has 2 unspecified atom stereocenters. The van der Waals surface area contributed by atoms with Crippen molar-refractivity contribution in [3.63, 3.8) is 0 Å². The van der Waals surface area contributed by atoms with Crippen molar-refractivity contribution in [1.82, 2.24) is 5.32 Å². The first kappa shape index (κ1) is 13.5. The molecule has 2 atom stereocenters. The van der Waals surface area contributed by atoms with Gasteiger partial charge in [-0.1, -0.05) is 37.3 Å². The predicted molar refractivity (Wildman–Crippen MR) is 68.7 cm³/mol. The van der Waals surface area contributed by atoms with Crippen molar-refractivity contribution >= 4 is 11.6 Å². The van der Waals surface area contributed by atoms with Crippen LogP contribution in [0.5, 0.6) is 0 Å². The maximum absolute atomic E-state index is 9.38. The highest BCUT2D eigenvalue weighted by Crippen LogP contribution is 2.06. The summed E-state index contributed by atoms with van der Waals surface area (Å²) in [6.07, 6.45) is 0.376. The minimum atomic E-state index is -0.379. The first-order chi connectivity index (χ1) is 7.72. The van der Waals surface area contributed by atoms with Crippen LogP contribution >= 0.6 is 11.6 Å². The van der Waals surface area contributed by atoms with Crippen LogP contribution in [-0.2, 0) is 6.54 Å². The van der Waals surface area contributed by atoms with Crippen LogP contribution in [0.4, 0.5) is 0 Å². The molecule has 0 fully saturated rings. The Labute approximate surface area is 103 Å². The quantitative estimate of drug-likeness (QED) is 0.719. The van der Waals surface area contributed by atoms with E-state index in [1.165, 1.54) is 5.56 Å². The largest absolute Gasteiger partial charge is 0.392 e. The van der Waals surface area contributed by atoms with Gasteiger partial charge in [0.25, 0.3) is 0 Å². The first-order valence-electron chi connectivity index (χ1n) is 5.71. The molecule has 16 heavy (non-hydrogen) atoms. The lowest BCUT2D eigenvalue weighted by atomic mass is 10.0. The number of halogens is 1. The smallest absolute Gasteiger partial charge is 0.0678 e. The Bertz CT molecular complexity index is 279. The molecule has 0 saturated heterocycles. The number of benzene rings is 1. The van der Waals surface area contributed by atoms with Crippen molar-refractivity contribution in [2.24, 2.45) is 5.92 Å². The number of rotatable bonds is 7. The summed E-state index contributed by atoms with van der Waals surface area (Å²) in [6, 6.07) is 10.3. The Kier molecular flexibility index (Phi) is 6.46. The van der Waals surface area contributed by atoms with Crippen LogP contribution in [0.15, 0.2) is 30.3 Å². The van der Waals surface area contributed by atoms with Crippen LogP contribution in [-0.4, -0.2) is 23.6 Å². The third kappa shape index (κ3) is 5.50. The van der Waals surface area contributed by atoms with E-state index in [0.717, 1.165) is 19.5 Å². The molecule has 0 amide bonds. The minimum Gasteiger partial charge on any atom is -0.392 e. The van der Waals surface area contributed by atoms with Crippen molar-refractivity contribution in [3.05, 3.63) is 35.9 Å². The van der Waals surface area contributed by atoms with E-state index in [2.05, 4.69) is 24.4 Å². The molecule has 0 radical (unpaired) electrons. The molecule has 90 valence electrons. The third-order valence-corrected chi connectivity index (χ3v) is 2.87. The summed E-state index contributed by atoms with van der Waals surface area (Å²) in [5.74, 6) is 0.765. The Morgan fingerprint density at radius 1 is 1.31 bits per heavy atom. The molecular weight excluding hydrogens is 222 g/mol.